The summed E-state index contributed by atoms with van der Waals surface area (Å²) in [5, 5.41) is 3.53. The summed E-state index contributed by atoms with van der Waals surface area (Å²) in [6.07, 6.45) is 2.05. The van der Waals surface area contributed by atoms with Crippen LogP contribution in [0.25, 0.3) is 0 Å². The summed E-state index contributed by atoms with van der Waals surface area (Å²) in [6.45, 7) is 2.65. The van der Waals surface area contributed by atoms with E-state index in [1.54, 1.807) is 11.8 Å². The molecule has 1 atom stereocenters. The minimum absolute atomic E-state index is 0.491. The lowest BCUT2D eigenvalue weighted by molar-refractivity contribution is 0.704. The quantitative estimate of drug-likeness (QED) is 0.523. The molecule has 3 heteroatoms. The molecule has 7 heavy (non-hydrogen) atoms. The van der Waals surface area contributed by atoms with Gasteiger partial charge in [-0.15, -0.1) is 11.8 Å². The third-order valence-corrected chi connectivity index (χ3v) is 1.63. The summed E-state index contributed by atoms with van der Waals surface area (Å²) in [4.78, 5) is 0. The molecular weight excluding hydrogens is 108 g/mol. The smallest absolute Gasteiger partial charge is 0.0510 e. The van der Waals surface area contributed by atoms with E-state index in [1.807, 2.05) is 6.26 Å². The number of hydrogen-bond donors (Lipinski definition) is 2. The van der Waals surface area contributed by atoms with Crippen molar-refractivity contribution in [2.24, 2.45) is 5.73 Å². The molecule has 0 rings (SSSR count). The molecule has 0 heterocycles. The van der Waals surface area contributed by atoms with Crippen molar-refractivity contribution in [3.8, 4) is 0 Å². The average molecular weight is 120 g/mol. The van der Waals surface area contributed by atoms with Gasteiger partial charge in [0.15, 0.2) is 0 Å². The van der Waals surface area contributed by atoms with Crippen LogP contribution >= 0.6 is 11.8 Å². The van der Waals surface area contributed by atoms with Crippen LogP contribution in [-0.4, -0.2) is 18.3 Å². The third kappa shape index (κ3) is 4.12. The highest BCUT2D eigenvalue weighted by Gasteiger charge is 1.90. The maximum atomic E-state index is 5.18. The van der Waals surface area contributed by atoms with Gasteiger partial charge in [-0.1, -0.05) is 0 Å². The van der Waals surface area contributed by atoms with Gasteiger partial charge < -0.3 is 5.73 Å². The first-order valence-electron chi connectivity index (χ1n) is 2.27. The monoisotopic (exact) mass is 120 g/mol. The Bertz CT molecular complexity index is 40.7. The first-order chi connectivity index (χ1) is 3.31. The van der Waals surface area contributed by atoms with Gasteiger partial charge in [-0.2, -0.15) is 0 Å². The highest BCUT2D eigenvalue weighted by molar-refractivity contribution is 7.99. The van der Waals surface area contributed by atoms with Crippen molar-refractivity contribution in [2.45, 2.75) is 12.3 Å². The number of nitrogens with two attached hydrogens (primary N) is 1. The normalized spacial score (nSPS) is 14.1. The van der Waals surface area contributed by atoms with E-state index in [9.17, 15) is 0 Å². The van der Waals surface area contributed by atoms with E-state index in [0.29, 0.717) is 12.0 Å². The molecule has 2 nitrogen and oxygen atoms in total. The fourth-order valence-electron chi connectivity index (χ4n) is 0.249. The first-order valence-corrected chi connectivity index (χ1v) is 3.56. The molecule has 3 N–H and O–H groups in total. The SMILES string of the molecule is CSC(C)NCN. The lowest BCUT2D eigenvalue weighted by atomic mass is 10.7. The molecule has 0 aliphatic heterocycles. The third-order valence-electron chi connectivity index (χ3n) is 0.759. The van der Waals surface area contributed by atoms with Gasteiger partial charge in [-0.25, -0.2) is 0 Å². The Morgan fingerprint density at radius 2 is 2.43 bits per heavy atom. The van der Waals surface area contributed by atoms with Gasteiger partial charge in [0.1, 0.15) is 0 Å². The summed E-state index contributed by atoms with van der Waals surface area (Å²) in [5.41, 5.74) is 5.18. The highest BCUT2D eigenvalue weighted by Crippen LogP contribution is 1.97. The minimum Gasteiger partial charge on any atom is -0.318 e. The average Bonchev–Trinajstić information content (AvgIpc) is 1.68. The van der Waals surface area contributed by atoms with E-state index in [4.69, 9.17) is 5.73 Å². The lowest BCUT2D eigenvalue weighted by Crippen LogP contribution is -2.28. The van der Waals surface area contributed by atoms with Crippen molar-refractivity contribution in [3.05, 3.63) is 0 Å². The second kappa shape index (κ2) is 4.43. The summed E-state index contributed by atoms with van der Waals surface area (Å²) >= 11 is 1.76. The van der Waals surface area contributed by atoms with E-state index < -0.39 is 0 Å². The topological polar surface area (TPSA) is 38.0 Å². The summed E-state index contributed by atoms with van der Waals surface area (Å²) in [6, 6.07) is 0. The van der Waals surface area contributed by atoms with E-state index >= 15 is 0 Å². The maximum absolute atomic E-state index is 5.18. The van der Waals surface area contributed by atoms with Crippen LogP contribution in [0.4, 0.5) is 0 Å². The predicted octanol–water partition coefficient (Wildman–Crippen LogP) is 0.201. The van der Waals surface area contributed by atoms with Crippen LogP contribution in [0.15, 0.2) is 0 Å². The highest BCUT2D eigenvalue weighted by atomic mass is 32.2. The molecule has 0 aromatic rings. The predicted molar refractivity (Wildman–Crippen MR) is 35.2 cm³/mol. The molecule has 0 aliphatic carbocycles. The zero-order valence-corrected chi connectivity index (χ0v) is 5.59. The molecule has 0 bridgehead atoms. The van der Waals surface area contributed by atoms with Crippen LogP contribution in [0, 0.1) is 0 Å². The van der Waals surface area contributed by atoms with Gasteiger partial charge in [0.05, 0.1) is 5.37 Å². The van der Waals surface area contributed by atoms with Crippen LogP contribution in [0.3, 0.4) is 0 Å². The van der Waals surface area contributed by atoms with Crippen molar-refractivity contribution >= 4 is 11.8 Å². The number of hydrogen-bond acceptors (Lipinski definition) is 3. The Kier molecular flexibility index (Phi) is 4.60. The minimum atomic E-state index is 0.491. The number of nitrogens with one attached hydrogen (secondary N) is 1. The summed E-state index contributed by atoms with van der Waals surface area (Å²) < 4.78 is 0. The molecule has 0 saturated heterocycles. The number of rotatable bonds is 3. The molecular formula is C4H12N2S. The van der Waals surface area contributed by atoms with E-state index in [1.165, 1.54) is 0 Å². The Morgan fingerprint density at radius 3 is 2.57 bits per heavy atom. The standard InChI is InChI=1S/C4H12N2S/c1-4(7-2)6-3-5/h4,6H,3,5H2,1-2H3. The Labute approximate surface area is 48.8 Å². The fourth-order valence-corrected chi connectivity index (χ4v) is 0.512. The molecule has 1 unspecified atom stereocenters. The molecule has 0 spiro atoms. The van der Waals surface area contributed by atoms with Crippen LogP contribution in [0.1, 0.15) is 6.92 Å². The zero-order chi connectivity index (χ0) is 5.70. The van der Waals surface area contributed by atoms with Gasteiger partial charge in [0.25, 0.3) is 0 Å². The molecule has 0 aromatic heterocycles. The van der Waals surface area contributed by atoms with Gasteiger partial charge in [-0.05, 0) is 13.2 Å². The van der Waals surface area contributed by atoms with Gasteiger partial charge in [-0.3, -0.25) is 5.32 Å². The van der Waals surface area contributed by atoms with Crippen molar-refractivity contribution in [3.63, 3.8) is 0 Å². The van der Waals surface area contributed by atoms with Crippen LogP contribution in [0.2, 0.25) is 0 Å². The Morgan fingerprint density at radius 1 is 1.86 bits per heavy atom. The molecule has 0 saturated carbocycles. The van der Waals surface area contributed by atoms with E-state index in [2.05, 4.69) is 12.2 Å². The van der Waals surface area contributed by atoms with Crippen LogP contribution in [0.5, 0.6) is 0 Å². The molecule has 0 fully saturated rings. The van der Waals surface area contributed by atoms with Crippen LogP contribution in [-0.2, 0) is 0 Å². The van der Waals surface area contributed by atoms with Gasteiger partial charge in [0.2, 0.25) is 0 Å². The first kappa shape index (κ1) is 7.27. The van der Waals surface area contributed by atoms with Crippen molar-refractivity contribution in [1.82, 2.24) is 5.32 Å². The molecule has 44 valence electrons. The fraction of sp³-hybridized carbons (Fsp3) is 1.00. The number of thioether (sulfide) groups is 1. The lowest BCUT2D eigenvalue weighted by Gasteiger charge is -2.05. The molecule has 0 amide bonds. The van der Waals surface area contributed by atoms with E-state index in [-0.39, 0.29) is 0 Å². The van der Waals surface area contributed by atoms with Crippen LogP contribution < -0.4 is 11.1 Å². The zero-order valence-electron chi connectivity index (χ0n) is 4.77. The van der Waals surface area contributed by atoms with Gasteiger partial charge >= 0.3 is 0 Å². The summed E-state index contributed by atoms with van der Waals surface area (Å²) in [5.74, 6) is 0. The second-order valence-corrected chi connectivity index (χ2v) is 2.46. The Balaban J connectivity index is 2.83. The molecule has 0 aromatic carbocycles. The second-order valence-electron chi connectivity index (χ2n) is 1.29. The van der Waals surface area contributed by atoms with E-state index in [0.717, 1.165) is 0 Å². The van der Waals surface area contributed by atoms with Crippen molar-refractivity contribution in [1.29, 1.82) is 0 Å². The Hall–Kier alpha value is 0.270. The maximum Gasteiger partial charge on any atom is 0.0510 e. The van der Waals surface area contributed by atoms with Crippen molar-refractivity contribution in [2.75, 3.05) is 12.9 Å². The largest absolute Gasteiger partial charge is 0.318 e. The molecule has 0 aliphatic rings. The molecule has 0 radical (unpaired) electrons. The van der Waals surface area contributed by atoms with Gasteiger partial charge in [0, 0.05) is 6.67 Å². The van der Waals surface area contributed by atoms with Crippen molar-refractivity contribution < 1.29 is 0 Å². The summed E-state index contributed by atoms with van der Waals surface area (Å²) in [7, 11) is 0.